The third-order valence-electron chi connectivity index (χ3n) is 5.03. The molecule has 0 spiro atoms. The summed E-state index contributed by atoms with van der Waals surface area (Å²) in [5, 5.41) is 5.03. The average Bonchev–Trinajstić information content (AvgIpc) is 2.99. The van der Waals surface area contributed by atoms with E-state index in [4.69, 9.17) is 0 Å². The highest BCUT2D eigenvalue weighted by Gasteiger charge is 2.30. The second kappa shape index (κ2) is 7.04. The van der Waals surface area contributed by atoms with Crippen LogP contribution in [0.1, 0.15) is 31.0 Å². The number of fused-ring (bicyclic) bond motifs is 3. The molecule has 0 radical (unpaired) electrons. The summed E-state index contributed by atoms with van der Waals surface area (Å²) >= 11 is 0. The van der Waals surface area contributed by atoms with Crippen molar-refractivity contribution in [3.8, 4) is 5.69 Å². The third-order valence-corrected chi connectivity index (χ3v) is 5.03. The molecule has 0 unspecified atom stereocenters. The molecule has 2 heterocycles. The van der Waals surface area contributed by atoms with E-state index in [1.165, 1.54) is 16.8 Å². The van der Waals surface area contributed by atoms with Crippen molar-refractivity contribution < 1.29 is 23.2 Å². The Kier molecular flexibility index (Phi) is 5.00. The molecule has 152 valence electrons. The Morgan fingerprint density at radius 1 is 1.00 bits per heavy atom. The van der Waals surface area contributed by atoms with Crippen LogP contribution < -0.4 is 10.1 Å². The van der Waals surface area contributed by atoms with Gasteiger partial charge in [0.15, 0.2) is 5.69 Å². The Bertz CT molecular complexity index is 1250. The zero-order valence-electron chi connectivity index (χ0n) is 16.1. The Hall–Kier alpha value is -3.13. The second-order valence-electron chi connectivity index (χ2n) is 7.17. The topological polar surface area (TPSA) is 71.7 Å². The molecule has 0 saturated heterocycles. The predicted molar refractivity (Wildman–Crippen MR) is 104 cm³/mol. The van der Waals surface area contributed by atoms with Crippen LogP contribution in [0.3, 0.4) is 0 Å². The first kappa shape index (κ1) is 20.6. The molecule has 8 heteroatoms. The normalized spacial score (nSPS) is 12.0. The third kappa shape index (κ3) is 3.19. The molecule has 29 heavy (non-hydrogen) atoms. The lowest BCUT2D eigenvalue weighted by Gasteiger charge is -2.08. The van der Waals surface area contributed by atoms with E-state index >= 15 is 0 Å². The number of hydrogen-bond donors (Lipinski definition) is 1. The molecular formula is C21H20F3N3O2. The van der Waals surface area contributed by atoms with Gasteiger partial charge >= 0.3 is 11.7 Å². The van der Waals surface area contributed by atoms with E-state index in [2.05, 4.69) is 18.9 Å². The molecule has 0 aliphatic rings. The fraction of sp³-hybridized carbons (Fsp3) is 0.238. The Morgan fingerprint density at radius 3 is 2.14 bits per heavy atom. The summed E-state index contributed by atoms with van der Waals surface area (Å²) < 4.78 is 41.7. The zero-order valence-corrected chi connectivity index (χ0v) is 16.1. The first-order chi connectivity index (χ1) is 13.2. The molecule has 2 aromatic carbocycles. The van der Waals surface area contributed by atoms with Crippen molar-refractivity contribution in [3.63, 3.8) is 0 Å². The van der Waals surface area contributed by atoms with Gasteiger partial charge in [0.05, 0.1) is 16.6 Å². The number of nitrogens with zero attached hydrogens (tertiary/aromatic N) is 2. The highest BCUT2D eigenvalue weighted by Crippen LogP contribution is 2.30. The van der Waals surface area contributed by atoms with Gasteiger partial charge in [-0.1, -0.05) is 32.0 Å². The maximum Gasteiger partial charge on any atom is 0.416 e. The van der Waals surface area contributed by atoms with Crippen molar-refractivity contribution in [2.75, 3.05) is 0 Å². The SMILES string of the molecule is CC(C)c1c2ccccc2c2[nH]n(-c3ccc(C(F)(F)F)cc3)c(=O)c2[n+]1C.[OH-]. The van der Waals surface area contributed by atoms with Crippen molar-refractivity contribution in [1.82, 2.24) is 9.78 Å². The highest BCUT2D eigenvalue weighted by atomic mass is 19.4. The van der Waals surface area contributed by atoms with Crippen LogP contribution in [0.2, 0.25) is 0 Å². The van der Waals surface area contributed by atoms with Gasteiger partial charge in [0.2, 0.25) is 0 Å². The number of hydrogen-bond acceptors (Lipinski definition) is 2. The van der Waals surface area contributed by atoms with Gasteiger partial charge in [0.25, 0.3) is 5.52 Å². The van der Waals surface area contributed by atoms with Gasteiger partial charge < -0.3 is 5.48 Å². The van der Waals surface area contributed by atoms with Crippen molar-refractivity contribution in [1.29, 1.82) is 0 Å². The first-order valence-electron chi connectivity index (χ1n) is 8.93. The fourth-order valence-electron chi connectivity index (χ4n) is 3.83. The summed E-state index contributed by atoms with van der Waals surface area (Å²) in [5.74, 6) is 0.188. The number of aromatic amines is 1. The molecule has 0 fully saturated rings. The maximum atomic E-state index is 13.1. The summed E-state index contributed by atoms with van der Waals surface area (Å²) in [6.45, 7) is 4.13. The zero-order chi connectivity index (χ0) is 20.2. The molecule has 0 atom stereocenters. The average molecular weight is 403 g/mol. The lowest BCUT2D eigenvalue weighted by atomic mass is 10.0. The monoisotopic (exact) mass is 403 g/mol. The van der Waals surface area contributed by atoms with Gasteiger partial charge in [-0.15, -0.1) is 0 Å². The Balaban J connectivity index is 0.00000240. The van der Waals surface area contributed by atoms with Crippen LogP contribution in [-0.2, 0) is 13.2 Å². The number of nitrogens with one attached hydrogen (secondary N) is 1. The molecule has 0 aliphatic carbocycles. The smallest absolute Gasteiger partial charge is 0.416 e. The summed E-state index contributed by atoms with van der Waals surface area (Å²) in [6, 6.07) is 12.4. The van der Waals surface area contributed by atoms with E-state index in [1.54, 1.807) is 0 Å². The van der Waals surface area contributed by atoms with Gasteiger partial charge in [-0.25, -0.2) is 4.68 Å². The number of aromatic nitrogens is 3. The molecule has 2 aromatic heterocycles. The maximum absolute atomic E-state index is 13.1. The van der Waals surface area contributed by atoms with Crippen LogP contribution in [-0.4, -0.2) is 15.3 Å². The fourth-order valence-corrected chi connectivity index (χ4v) is 3.83. The van der Waals surface area contributed by atoms with Gasteiger partial charge in [-0.2, -0.15) is 17.7 Å². The quantitative estimate of drug-likeness (QED) is 0.508. The summed E-state index contributed by atoms with van der Waals surface area (Å²) in [7, 11) is 1.84. The van der Waals surface area contributed by atoms with E-state index in [0.717, 1.165) is 28.6 Å². The minimum absolute atomic E-state index is 0. The van der Waals surface area contributed by atoms with Crippen LogP contribution in [0.15, 0.2) is 53.3 Å². The Morgan fingerprint density at radius 2 is 1.59 bits per heavy atom. The van der Waals surface area contributed by atoms with Gasteiger partial charge in [-0.3, -0.25) is 9.89 Å². The van der Waals surface area contributed by atoms with Gasteiger partial charge in [-0.05, 0) is 30.3 Å². The van der Waals surface area contributed by atoms with E-state index in [1.807, 2.05) is 35.9 Å². The van der Waals surface area contributed by atoms with Crippen LogP contribution in [0.4, 0.5) is 13.2 Å². The largest absolute Gasteiger partial charge is 0.870 e. The molecule has 0 amide bonds. The van der Waals surface area contributed by atoms with Gasteiger partial charge in [0, 0.05) is 11.3 Å². The molecule has 5 nitrogen and oxygen atoms in total. The molecule has 0 bridgehead atoms. The first-order valence-corrected chi connectivity index (χ1v) is 8.93. The molecule has 2 N–H and O–H groups in total. The van der Waals surface area contributed by atoms with Crippen molar-refractivity contribution in [3.05, 3.63) is 70.1 Å². The summed E-state index contributed by atoms with van der Waals surface area (Å²) in [6.07, 6.45) is -4.42. The van der Waals surface area contributed by atoms with Crippen LogP contribution >= 0.6 is 0 Å². The van der Waals surface area contributed by atoms with Crippen LogP contribution in [0.5, 0.6) is 0 Å². The van der Waals surface area contributed by atoms with Crippen molar-refractivity contribution in [2.24, 2.45) is 7.05 Å². The predicted octanol–water partition coefficient (Wildman–Crippen LogP) is 4.26. The minimum atomic E-state index is -4.42. The van der Waals surface area contributed by atoms with Crippen molar-refractivity contribution in [2.45, 2.75) is 25.9 Å². The number of rotatable bonds is 2. The van der Waals surface area contributed by atoms with E-state index in [-0.39, 0.29) is 17.0 Å². The number of benzene rings is 2. The van der Waals surface area contributed by atoms with Crippen molar-refractivity contribution >= 4 is 21.8 Å². The standard InChI is InChI=1S/C21H18F3N3O.H2O/c1-12(2)18-16-7-5-4-6-15(16)17-19(26(18)3)20(28)27(25-17)14-10-8-13(9-11-14)21(22,23)24;/h4-12H,1-3H3;1H2. The minimum Gasteiger partial charge on any atom is -0.870 e. The van der Waals surface area contributed by atoms with E-state index in [9.17, 15) is 18.0 Å². The number of halogens is 3. The molecule has 0 aliphatic heterocycles. The molecule has 4 rings (SSSR count). The Labute approximate surface area is 164 Å². The lowest BCUT2D eigenvalue weighted by Crippen LogP contribution is -2.39. The number of aryl methyl sites for hydroxylation is 1. The molecule has 0 saturated carbocycles. The number of alkyl halides is 3. The molecule has 4 aromatic rings. The number of pyridine rings is 1. The highest BCUT2D eigenvalue weighted by molar-refractivity contribution is 6.02. The van der Waals surface area contributed by atoms with Gasteiger partial charge in [0.1, 0.15) is 12.6 Å². The van der Waals surface area contributed by atoms with Crippen LogP contribution in [0, 0.1) is 0 Å². The molecular weight excluding hydrogens is 383 g/mol. The number of H-pyrrole nitrogens is 1. The van der Waals surface area contributed by atoms with E-state index in [0.29, 0.717) is 16.7 Å². The lowest BCUT2D eigenvalue weighted by molar-refractivity contribution is -0.653. The summed E-state index contributed by atoms with van der Waals surface area (Å²) in [4.78, 5) is 13.1. The van der Waals surface area contributed by atoms with Crippen LogP contribution in [0.25, 0.3) is 27.5 Å². The second-order valence-corrected chi connectivity index (χ2v) is 7.17. The summed E-state index contributed by atoms with van der Waals surface area (Å²) in [5.41, 5.74) is 1.47. The van der Waals surface area contributed by atoms with E-state index < -0.39 is 11.7 Å².